The number of rotatable bonds is 5. The summed E-state index contributed by atoms with van der Waals surface area (Å²) in [7, 11) is -4.28. The lowest BCUT2D eigenvalue weighted by Gasteiger charge is -2.29. The fourth-order valence-electron chi connectivity index (χ4n) is 4.96. The molecule has 2 aromatic carbocycles. The van der Waals surface area contributed by atoms with Crippen LogP contribution in [0.1, 0.15) is 31.2 Å². The Morgan fingerprint density at radius 3 is 2.53 bits per heavy atom. The summed E-state index contributed by atoms with van der Waals surface area (Å²) in [6, 6.07) is 5.10. The molecule has 2 fully saturated rings. The van der Waals surface area contributed by atoms with E-state index in [0.29, 0.717) is 55.4 Å². The zero-order valence-electron chi connectivity index (χ0n) is 19.5. The van der Waals surface area contributed by atoms with Gasteiger partial charge in [-0.05, 0) is 68.6 Å². The highest BCUT2D eigenvalue weighted by molar-refractivity contribution is 7.92. The van der Waals surface area contributed by atoms with Gasteiger partial charge in [0.25, 0.3) is 10.0 Å². The third-order valence-corrected chi connectivity index (χ3v) is 8.12. The predicted molar refractivity (Wildman–Crippen MR) is 131 cm³/mol. The van der Waals surface area contributed by atoms with Crippen LogP contribution in [-0.4, -0.2) is 52.6 Å². The zero-order chi connectivity index (χ0) is 25.4. The molecule has 0 saturated carbocycles. The molecule has 12 heteroatoms. The highest BCUT2D eigenvalue weighted by Gasteiger charge is 2.35. The highest BCUT2D eigenvalue weighted by atomic mass is 32.2. The fourth-order valence-corrected chi connectivity index (χ4v) is 6.09. The summed E-state index contributed by atoms with van der Waals surface area (Å²) in [6.45, 7) is 2.37. The van der Waals surface area contributed by atoms with Crippen LogP contribution in [0.5, 0.6) is 0 Å². The van der Waals surface area contributed by atoms with Crippen molar-refractivity contribution >= 4 is 39.0 Å². The van der Waals surface area contributed by atoms with Gasteiger partial charge in [0, 0.05) is 31.6 Å². The fraction of sp³-hybridized carbons (Fsp3) is 0.417. The molecule has 0 aromatic heterocycles. The Kier molecular flexibility index (Phi) is 6.56. The highest BCUT2D eigenvalue weighted by Crippen LogP contribution is 2.42. The second-order valence-electron chi connectivity index (χ2n) is 9.20. The topological polar surface area (TPSA) is 111 Å². The van der Waals surface area contributed by atoms with E-state index in [1.807, 2.05) is 0 Å². The number of amides is 3. The van der Waals surface area contributed by atoms with E-state index in [1.165, 1.54) is 17.0 Å². The minimum absolute atomic E-state index is 0.0362. The third kappa shape index (κ3) is 4.74. The van der Waals surface area contributed by atoms with Crippen molar-refractivity contribution in [1.29, 1.82) is 0 Å². The van der Waals surface area contributed by atoms with Crippen LogP contribution in [0.4, 0.5) is 30.6 Å². The summed E-state index contributed by atoms with van der Waals surface area (Å²) in [5.41, 5.74) is 1.07. The predicted octanol–water partition coefficient (Wildman–Crippen LogP) is 2.72. The maximum absolute atomic E-state index is 14.1. The monoisotopic (exact) mass is 519 g/mol. The molecule has 192 valence electrons. The molecule has 3 aliphatic heterocycles. The number of carbonyl (C=O) groups is 2. The summed E-state index contributed by atoms with van der Waals surface area (Å²) >= 11 is 0. The molecule has 9 nitrogen and oxygen atoms in total. The van der Waals surface area contributed by atoms with Crippen molar-refractivity contribution in [3.63, 3.8) is 0 Å². The Bertz CT molecular complexity index is 1310. The molecule has 2 saturated heterocycles. The lowest BCUT2D eigenvalue weighted by molar-refractivity contribution is -0.117. The van der Waals surface area contributed by atoms with Crippen molar-refractivity contribution in [2.24, 2.45) is 0 Å². The second-order valence-corrected chi connectivity index (χ2v) is 10.9. The van der Waals surface area contributed by atoms with Crippen molar-refractivity contribution in [2.45, 2.75) is 43.0 Å². The minimum Gasteiger partial charge on any atom is -0.335 e. The molecule has 0 spiro atoms. The number of fused-ring (bicyclic) bond motifs is 1. The number of sulfonamides is 1. The van der Waals surface area contributed by atoms with Crippen molar-refractivity contribution in [2.75, 3.05) is 40.7 Å². The largest absolute Gasteiger partial charge is 0.335 e. The SMILES string of the molecule is O=C1CCCN1c1cc(S(=O)(=O)Nc2ccc(F)cc2F)cc2c1N(C(=O)NC1CCNCC1)CC2. The van der Waals surface area contributed by atoms with E-state index in [2.05, 4.69) is 15.4 Å². The first-order valence-corrected chi connectivity index (χ1v) is 13.4. The van der Waals surface area contributed by atoms with Gasteiger partial charge in [0.2, 0.25) is 5.91 Å². The minimum atomic E-state index is -4.28. The smallest absolute Gasteiger partial charge is 0.322 e. The maximum atomic E-state index is 14.1. The maximum Gasteiger partial charge on any atom is 0.322 e. The van der Waals surface area contributed by atoms with Crippen LogP contribution < -0.4 is 25.2 Å². The van der Waals surface area contributed by atoms with E-state index in [4.69, 9.17) is 0 Å². The summed E-state index contributed by atoms with van der Waals surface area (Å²) < 4.78 is 56.0. The van der Waals surface area contributed by atoms with E-state index < -0.39 is 27.3 Å². The van der Waals surface area contributed by atoms with Crippen LogP contribution in [0.25, 0.3) is 0 Å². The van der Waals surface area contributed by atoms with Gasteiger partial charge in [-0.1, -0.05) is 0 Å². The number of anilines is 3. The van der Waals surface area contributed by atoms with Gasteiger partial charge in [0.1, 0.15) is 11.6 Å². The molecule has 0 aliphatic carbocycles. The molecular formula is C24H27F2N5O4S. The molecule has 3 N–H and O–H groups in total. The van der Waals surface area contributed by atoms with Crippen molar-refractivity contribution < 1.29 is 26.8 Å². The molecule has 36 heavy (non-hydrogen) atoms. The number of urea groups is 1. The number of halogens is 2. The van der Waals surface area contributed by atoms with Crippen LogP contribution in [0.2, 0.25) is 0 Å². The lowest BCUT2D eigenvalue weighted by Crippen LogP contribution is -2.48. The number of piperidine rings is 1. The lowest BCUT2D eigenvalue weighted by atomic mass is 10.1. The Hall–Kier alpha value is -3.25. The van der Waals surface area contributed by atoms with Crippen molar-refractivity contribution in [3.05, 3.63) is 47.5 Å². The molecular weight excluding hydrogens is 492 g/mol. The Morgan fingerprint density at radius 2 is 1.83 bits per heavy atom. The van der Waals surface area contributed by atoms with Crippen LogP contribution in [0.15, 0.2) is 35.2 Å². The molecule has 0 atom stereocenters. The molecule has 5 rings (SSSR count). The molecule has 3 amide bonds. The van der Waals surface area contributed by atoms with Crippen LogP contribution >= 0.6 is 0 Å². The van der Waals surface area contributed by atoms with Crippen molar-refractivity contribution in [1.82, 2.24) is 10.6 Å². The normalized spacial score (nSPS) is 18.4. The summed E-state index contributed by atoms with van der Waals surface area (Å²) in [5.74, 6) is -2.03. The number of nitrogens with zero attached hydrogens (tertiary/aromatic N) is 2. The van der Waals surface area contributed by atoms with Gasteiger partial charge in [-0.2, -0.15) is 0 Å². The van der Waals surface area contributed by atoms with Gasteiger partial charge >= 0.3 is 6.03 Å². The van der Waals surface area contributed by atoms with Crippen LogP contribution in [-0.2, 0) is 21.2 Å². The van der Waals surface area contributed by atoms with Gasteiger partial charge in [-0.25, -0.2) is 22.0 Å². The van der Waals surface area contributed by atoms with Crippen molar-refractivity contribution in [3.8, 4) is 0 Å². The van der Waals surface area contributed by atoms with E-state index in [0.717, 1.165) is 38.1 Å². The van der Waals surface area contributed by atoms with E-state index >= 15 is 0 Å². The third-order valence-electron chi connectivity index (χ3n) is 6.78. The van der Waals surface area contributed by atoms with Gasteiger partial charge in [0.15, 0.2) is 0 Å². The van der Waals surface area contributed by atoms with Crippen LogP contribution in [0, 0.1) is 11.6 Å². The Morgan fingerprint density at radius 1 is 1.06 bits per heavy atom. The number of hydrogen-bond acceptors (Lipinski definition) is 5. The summed E-state index contributed by atoms with van der Waals surface area (Å²) in [6.07, 6.45) is 2.97. The average molecular weight is 520 g/mol. The van der Waals surface area contributed by atoms with Gasteiger partial charge < -0.3 is 15.5 Å². The average Bonchev–Trinajstić information content (AvgIpc) is 3.47. The zero-order valence-corrected chi connectivity index (χ0v) is 20.3. The molecule has 0 bridgehead atoms. The quantitative estimate of drug-likeness (QED) is 0.563. The standard InChI is InChI=1S/C24H27F2N5O4S/c25-16-3-4-20(19(26)13-16)29-36(34,35)18-12-15-7-11-31(24(33)28-17-5-8-27-9-6-17)23(15)21(14-18)30-10-1-2-22(30)32/h3-4,12-14,17,27,29H,1-2,5-11H2,(H,28,33). The molecule has 0 radical (unpaired) electrons. The molecule has 2 aromatic rings. The number of carbonyl (C=O) groups excluding carboxylic acids is 2. The van der Waals surface area contributed by atoms with Gasteiger partial charge in [0.05, 0.1) is 22.0 Å². The number of nitrogens with one attached hydrogen (secondary N) is 3. The summed E-state index contributed by atoms with van der Waals surface area (Å²) in [4.78, 5) is 28.8. The van der Waals surface area contributed by atoms with Gasteiger partial charge in [-0.15, -0.1) is 0 Å². The Balaban J connectivity index is 1.50. The van der Waals surface area contributed by atoms with E-state index in [-0.39, 0.29) is 22.9 Å². The first-order valence-electron chi connectivity index (χ1n) is 12.0. The van der Waals surface area contributed by atoms with Gasteiger partial charge in [-0.3, -0.25) is 14.4 Å². The van der Waals surface area contributed by atoms with E-state index in [9.17, 15) is 26.8 Å². The first-order chi connectivity index (χ1) is 17.2. The Labute approximate surface area is 207 Å². The number of benzene rings is 2. The molecule has 3 heterocycles. The first kappa shape index (κ1) is 24.4. The number of hydrogen-bond donors (Lipinski definition) is 3. The summed E-state index contributed by atoms with van der Waals surface area (Å²) in [5, 5.41) is 6.31. The molecule has 3 aliphatic rings. The second kappa shape index (κ2) is 9.66. The van der Waals surface area contributed by atoms with Crippen LogP contribution in [0.3, 0.4) is 0 Å². The molecule has 0 unspecified atom stereocenters. The van der Waals surface area contributed by atoms with E-state index in [1.54, 1.807) is 4.90 Å².